The summed E-state index contributed by atoms with van der Waals surface area (Å²) in [5.74, 6) is 2.64. The Morgan fingerprint density at radius 3 is 2.40 bits per heavy atom. The molecule has 112 valence electrons. The van der Waals surface area contributed by atoms with Crippen LogP contribution in [0.25, 0.3) is 0 Å². The number of benzene rings is 1. The molecular weight excluding hydrogens is 246 g/mol. The van der Waals surface area contributed by atoms with Crippen LogP contribution in [0.1, 0.15) is 58.1 Å². The van der Waals surface area contributed by atoms with Gasteiger partial charge in [-0.3, -0.25) is 0 Å². The number of hydrogen-bond acceptors (Lipinski definition) is 2. The van der Waals surface area contributed by atoms with Gasteiger partial charge in [-0.1, -0.05) is 38.8 Å². The topological polar surface area (TPSA) is 21.3 Å². The lowest BCUT2D eigenvalue weighted by molar-refractivity contribution is 0.223. The lowest BCUT2D eigenvalue weighted by atomic mass is 9.79. The molecule has 2 unspecified atom stereocenters. The van der Waals surface area contributed by atoms with E-state index in [1.807, 2.05) is 12.1 Å². The van der Waals surface area contributed by atoms with Gasteiger partial charge < -0.3 is 10.1 Å². The Hall–Kier alpha value is -1.02. The molecule has 1 saturated carbocycles. The first-order valence-electron chi connectivity index (χ1n) is 8.00. The first-order valence-corrected chi connectivity index (χ1v) is 8.00. The summed E-state index contributed by atoms with van der Waals surface area (Å²) in [4.78, 5) is 0. The molecule has 0 radical (unpaired) electrons. The van der Waals surface area contributed by atoms with Crippen molar-refractivity contribution >= 4 is 0 Å². The zero-order valence-corrected chi connectivity index (χ0v) is 13.4. The van der Waals surface area contributed by atoms with Crippen LogP contribution in [0.5, 0.6) is 5.75 Å². The highest BCUT2D eigenvalue weighted by molar-refractivity contribution is 5.28. The lowest BCUT2D eigenvalue weighted by Gasteiger charge is -2.34. The molecule has 0 spiro atoms. The minimum absolute atomic E-state index is 0.414. The second-order valence-electron chi connectivity index (χ2n) is 6.53. The van der Waals surface area contributed by atoms with Crippen molar-refractivity contribution in [2.24, 2.45) is 11.8 Å². The van der Waals surface area contributed by atoms with Gasteiger partial charge in [-0.25, -0.2) is 0 Å². The van der Waals surface area contributed by atoms with E-state index in [9.17, 15) is 0 Å². The average molecular weight is 275 g/mol. The normalized spacial score (nSPS) is 24.6. The molecule has 0 aliphatic heterocycles. The van der Waals surface area contributed by atoms with Gasteiger partial charge in [-0.05, 0) is 49.3 Å². The smallest absolute Gasteiger partial charge is 0.118 e. The molecule has 2 rings (SSSR count). The highest BCUT2D eigenvalue weighted by atomic mass is 16.5. The summed E-state index contributed by atoms with van der Waals surface area (Å²) in [6.45, 7) is 6.99. The molecule has 3 atom stereocenters. The Morgan fingerprint density at radius 2 is 1.80 bits per heavy atom. The number of methoxy groups -OCH3 is 1. The predicted molar refractivity (Wildman–Crippen MR) is 85.1 cm³/mol. The van der Waals surface area contributed by atoms with Crippen LogP contribution in [0, 0.1) is 11.8 Å². The van der Waals surface area contributed by atoms with E-state index < -0.39 is 0 Å². The van der Waals surface area contributed by atoms with Crippen molar-refractivity contribution < 1.29 is 4.74 Å². The van der Waals surface area contributed by atoms with Crippen molar-refractivity contribution in [1.82, 2.24) is 5.32 Å². The third-order valence-electron chi connectivity index (χ3n) is 4.76. The van der Waals surface area contributed by atoms with Crippen LogP contribution in [-0.2, 0) is 0 Å². The van der Waals surface area contributed by atoms with Gasteiger partial charge in [-0.2, -0.15) is 0 Å². The quantitative estimate of drug-likeness (QED) is 0.850. The Bertz CT molecular complexity index is 398. The van der Waals surface area contributed by atoms with Crippen LogP contribution in [0.3, 0.4) is 0 Å². The van der Waals surface area contributed by atoms with Crippen LogP contribution in [0.15, 0.2) is 24.3 Å². The van der Waals surface area contributed by atoms with Gasteiger partial charge in [0, 0.05) is 12.1 Å². The summed E-state index contributed by atoms with van der Waals surface area (Å²) in [6, 6.07) is 9.51. The number of nitrogens with one attached hydrogen (secondary N) is 1. The Kier molecular flexibility index (Phi) is 5.47. The van der Waals surface area contributed by atoms with Gasteiger partial charge in [0.15, 0.2) is 0 Å². The van der Waals surface area contributed by atoms with Gasteiger partial charge in [0.1, 0.15) is 5.75 Å². The number of rotatable bonds is 5. The monoisotopic (exact) mass is 275 g/mol. The molecule has 0 aromatic heterocycles. The molecule has 0 bridgehead atoms. The molecule has 1 aliphatic carbocycles. The van der Waals surface area contributed by atoms with Crippen molar-refractivity contribution in [3.05, 3.63) is 29.8 Å². The van der Waals surface area contributed by atoms with Crippen LogP contribution in [0.4, 0.5) is 0 Å². The van der Waals surface area contributed by atoms with Crippen molar-refractivity contribution in [3.8, 4) is 5.75 Å². The highest BCUT2D eigenvalue weighted by Crippen LogP contribution is 2.31. The Balaban J connectivity index is 1.91. The molecule has 0 saturated heterocycles. The van der Waals surface area contributed by atoms with E-state index in [0.717, 1.165) is 17.6 Å². The summed E-state index contributed by atoms with van der Waals surface area (Å²) < 4.78 is 5.22. The molecule has 20 heavy (non-hydrogen) atoms. The molecule has 1 N–H and O–H groups in total. The molecule has 0 amide bonds. The minimum atomic E-state index is 0.414. The maximum absolute atomic E-state index is 5.22. The zero-order chi connectivity index (χ0) is 14.5. The lowest BCUT2D eigenvalue weighted by Crippen LogP contribution is -2.37. The standard InChI is InChI=1S/C18H29NO/c1-13(2)16-6-5-7-17(12-16)19-14(3)15-8-10-18(20-4)11-9-15/h8-11,13-14,16-17,19H,5-7,12H2,1-4H3/t14-,16?,17?/m1/s1. The first kappa shape index (κ1) is 15.4. The summed E-state index contributed by atoms with van der Waals surface area (Å²) >= 11 is 0. The second-order valence-corrected chi connectivity index (χ2v) is 6.53. The third kappa shape index (κ3) is 3.99. The van der Waals surface area contributed by atoms with Crippen LogP contribution in [-0.4, -0.2) is 13.2 Å². The largest absolute Gasteiger partial charge is 0.497 e. The Morgan fingerprint density at radius 1 is 1.10 bits per heavy atom. The zero-order valence-electron chi connectivity index (χ0n) is 13.4. The molecule has 1 aliphatic rings. The second kappa shape index (κ2) is 7.12. The van der Waals surface area contributed by atoms with Crippen molar-refractivity contribution in [2.75, 3.05) is 7.11 Å². The minimum Gasteiger partial charge on any atom is -0.497 e. The van der Waals surface area contributed by atoms with Crippen molar-refractivity contribution in [1.29, 1.82) is 0 Å². The molecule has 0 heterocycles. The maximum atomic E-state index is 5.22. The fraction of sp³-hybridized carbons (Fsp3) is 0.667. The molecule has 1 aromatic carbocycles. The molecule has 2 nitrogen and oxygen atoms in total. The van der Waals surface area contributed by atoms with Gasteiger partial charge >= 0.3 is 0 Å². The number of hydrogen-bond donors (Lipinski definition) is 1. The average Bonchev–Trinajstić information content (AvgIpc) is 2.47. The summed E-state index contributed by atoms with van der Waals surface area (Å²) in [7, 11) is 1.71. The van der Waals surface area contributed by atoms with Crippen LogP contribution >= 0.6 is 0 Å². The van der Waals surface area contributed by atoms with Crippen molar-refractivity contribution in [3.63, 3.8) is 0 Å². The van der Waals surface area contributed by atoms with E-state index in [1.165, 1.54) is 31.2 Å². The predicted octanol–water partition coefficient (Wildman–Crippen LogP) is 4.56. The molecule has 2 heteroatoms. The SMILES string of the molecule is COc1ccc([C@@H](C)NC2CCCC(C(C)C)C2)cc1. The van der Waals surface area contributed by atoms with Gasteiger partial charge in [0.25, 0.3) is 0 Å². The van der Waals surface area contributed by atoms with Crippen molar-refractivity contribution in [2.45, 2.75) is 58.5 Å². The van der Waals surface area contributed by atoms with E-state index in [4.69, 9.17) is 4.74 Å². The van der Waals surface area contributed by atoms with Crippen LogP contribution < -0.4 is 10.1 Å². The van der Waals surface area contributed by atoms with Gasteiger partial charge in [0.05, 0.1) is 7.11 Å². The summed E-state index contributed by atoms with van der Waals surface area (Å²) in [5.41, 5.74) is 1.34. The molecule has 1 fully saturated rings. The summed E-state index contributed by atoms with van der Waals surface area (Å²) in [5, 5.41) is 3.82. The maximum Gasteiger partial charge on any atom is 0.118 e. The highest BCUT2D eigenvalue weighted by Gasteiger charge is 2.25. The molecule has 1 aromatic rings. The van der Waals surface area contributed by atoms with E-state index >= 15 is 0 Å². The van der Waals surface area contributed by atoms with E-state index in [1.54, 1.807) is 7.11 Å². The van der Waals surface area contributed by atoms with E-state index in [2.05, 4.69) is 38.2 Å². The molecular formula is C18H29NO. The fourth-order valence-corrected chi connectivity index (χ4v) is 3.33. The van der Waals surface area contributed by atoms with E-state index in [-0.39, 0.29) is 0 Å². The fourth-order valence-electron chi connectivity index (χ4n) is 3.33. The van der Waals surface area contributed by atoms with Gasteiger partial charge in [0.2, 0.25) is 0 Å². The Labute approximate surface area is 123 Å². The third-order valence-corrected chi connectivity index (χ3v) is 4.76. The summed E-state index contributed by atoms with van der Waals surface area (Å²) in [6.07, 6.45) is 5.44. The first-order chi connectivity index (χ1) is 9.60. The van der Waals surface area contributed by atoms with Gasteiger partial charge in [-0.15, -0.1) is 0 Å². The van der Waals surface area contributed by atoms with E-state index in [0.29, 0.717) is 12.1 Å². The number of ether oxygens (including phenoxy) is 1. The van der Waals surface area contributed by atoms with Crippen LogP contribution in [0.2, 0.25) is 0 Å².